The number of carbonyl (C=O) groups is 2. The van der Waals surface area contributed by atoms with Crippen LogP contribution in [0.3, 0.4) is 0 Å². The van der Waals surface area contributed by atoms with Crippen LogP contribution < -0.4 is 23.7 Å². The van der Waals surface area contributed by atoms with E-state index in [2.05, 4.69) is 0 Å². The second kappa shape index (κ2) is 17.4. The van der Waals surface area contributed by atoms with Crippen LogP contribution in [0.1, 0.15) is 15.9 Å². The molecule has 2 aliphatic rings. The number of phenols is 1. The lowest BCUT2D eigenvalue weighted by Crippen LogP contribution is -2.63. The molecule has 2 heterocycles. The summed E-state index contributed by atoms with van der Waals surface area (Å²) in [5.41, 5.74) is 0.283. The monoisotopic (exact) mass is 742 g/mol. The van der Waals surface area contributed by atoms with Crippen LogP contribution in [0.4, 0.5) is 0 Å². The van der Waals surface area contributed by atoms with E-state index in [4.69, 9.17) is 47.4 Å². The highest BCUT2D eigenvalue weighted by atomic mass is 16.8. The lowest BCUT2D eigenvalue weighted by atomic mass is 9.98. The van der Waals surface area contributed by atoms with Crippen molar-refractivity contribution in [1.29, 1.82) is 0 Å². The first kappa shape index (κ1) is 40.3. The molecule has 19 nitrogen and oxygen atoms in total. The van der Waals surface area contributed by atoms with Crippen molar-refractivity contribution >= 4 is 18.0 Å². The minimum Gasteiger partial charge on any atom is -0.502 e. The van der Waals surface area contributed by atoms with Crippen LogP contribution in [0, 0.1) is 0 Å². The molecular weight excluding hydrogens is 700 g/mol. The quantitative estimate of drug-likeness (QED) is 0.0807. The van der Waals surface area contributed by atoms with E-state index in [1.807, 2.05) is 0 Å². The van der Waals surface area contributed by atoms with Gasteiger partial charge in [-0.15, -0.1) is 0 Å². The van der Waals surface area contributed by atoms with Gasteiger partial charge in [-0.1, -0.05) is 0 Å². The molecule has 52 heavy (non-hydrogen) atoms. The largest absolute Gasteiger partial charge is 0.502 e. The summed E-state index contributed by atoms with van der Waals surface area (Å²) in [5.74, 6) is -4.26. The Morgan fingerprint density at radius 3 is 1.90 bits per heavy atom. The minimum atomic E-state index is -2.50. The van der Waals surface area contributed by atoms with E-state index in [1.54, 1.807) is 0 Å². The molecule has 0 amide bonds. The van der Waals surface area contributed by atoms with Gasteiger partial charge < -0.3 is 83.1 Å². The zero-order chi connectivity index (χ0) is 38.3. The van der Waals surface area contributed by atoms with Crippen LogP contribution in [0.5, 0.6) is 34.5 Å². The van der Waals surface area contributed by atoms with E-state index in [9.17, 15) is 45.3 Å². The van der Waals surface area contributed by atoms with E-state index in [1.165, 1.54) is 53.8 Å². The molecular formula is C33H42O19. The van der Waals surface area contributed by atoms with Crippen molar-refractivity contribution in [2.75, 3.05) is 55.4 Å². The first-order valence-corrected chi connectivity index (χ1v) is 15.6. The Balaban J connectivity index is 1.52. The molecule has 0 aliphatic carbocycles. The fraction of sp³-hybridized carbons (Fsp3) is 0.515. The van der Waals surface area contributed by atoms with Gasteiger partial charge in [-0.05, 0) is 35.9 Å². The number of aromatic hydroxyl groups is 1. The normalized spacial score (nSPS) is 28.7. The molecule has 2 aromatic rings. The van der Waals surface area contributed by atoms with Crippen LogP contribution in [-0.2, 0) is 28.5 Å². The van der Waals surface area contributed by atoms with Crippen molar-refractivity contribution in [3.63, 3.8) is 0 Å². The van der Waals surface area contributed by atoms with Crippen LogP contribution in [0.15, 0.2) is 30.3 Å². The maximum atomic E-state index is 13.0. The van der Waals surface area contributed by atoms with Crippen molar-refractivity contribution in [2.45, 2.75) is 54.8 Å². The Labute approximate surface area is 296 Å². The highest BCUT2D eigenvalue weighted by Crippen LogP contribution is 2.40. The van der Waals surface area contributed by atoms with Crippen molar-refractivity contribution in [3.8, 4) is 34.5 Å². The van der Waals surface area contributed by atoms with Crippen LogP contribution in [0.25, 0.3) is 6.08 Å². The van der Waals surface area contributed by atoms with E-state index >= 15 is 0 Å². The van der Waals surface area contributed by atoms with E-state index < -0.39 is 86.6 Å². The Morgan fingerprint density at radius 2 is 1.38 bits per heavy atom. The molecule has 2 fully saturated rings. The van der Waals surface area contributed by atoms with Gasteiger partial charge in [0.15, 0.2) is 35.4 Å². The summed E-state index contributed by atoms with van der Waals surface area (Å²) in [6, 6.07) is 5.40. The first-order valence-electron chi connectivity index (χ1n) is 15.6. The molecule has 4 rings (SSSR count). The zero-order valence-electron chi connectivity index (χ0n) is 28.7. The Bertz CT molecular complexity index is 1530. The van der Waals surface area contributed by atoms with Gasteiger partial charge in [-0.2, -0.15) is 0 Å². The number of rotatable bonds is 15. The average molecular weight is 743 g/mol. The second-order valence-electron chi connectivity index (χ2n) is 11.4. The number of aliphatic hydroxyl groups excluding tert-OH is 6. The third-order valence-electron chi connectivity index (χ3n) is 8.30. The Hall–Kier alpha value is -4.44. The molecule has 7 N–H and O–H groups in total. The number of carbonyl (C=O) groups excluding carboxylic acids is 2. The zero-order valence-corrected chi connectivity index (χ0v) is 28.7. The predicted molar refractivity (Wildman–Crippen MR) is 172 cm³/mol. The van der Waals surface area contributed by atoms with E-state index in [0.29, 0.717) is 22.8 Å². The molecule has 0 spiro atoms. The number of aliphatic hydroxyl groups is 6. The lowest BCUT2D eigenvalue weighted by molar-refractivity contribution is -0.383. The lowest BCUT2D eigenvalue weighted by Gasteiger charge is -2.43. The Kier molecular flexibility index (Phi) is 13.5. The highest BCUT2D eigenvalue weighted by molar-refractivity contribution is 5.91. The summed E-state index contributed by atoms with van der Waals surface area (Å²) >= 11 is 0. The van der Waals surface area contributed by atoms with E-state index in [0.717, 1.165) is 18.2 Å². The number of hydrogen-bond donors (Lipinski definition) is 7. The predicted octanol–water partition coefficient (Wildman–Crippen LogP) is -1.52. The smallest absolute Gasteiger partial charge is 0.338 e. The maximum absolute atomic E-state index is 13.0. The van der Waals surface area contributed by atoms with Crippen molar-refractivity contribution in [2.24, 2.45) is 0 Å². The fourth-order valence-corrected chi connectivity index (χ4v) is 5.54. The molecule has 0 aromatic heterocycles. The third kappa shape index (κ3) is 8.27. The standard InChI is InChI=1S/C33H42O19/c1-43-17-10-16(11-18(44-2)24(17)37)31(42)48-13-22-25(38)27(40)28(41)32(49-22)52-33(14-35)30(26(39)21(12-34)51-33)50-23(36)7-6-15-8-19(45-3)29(47-5)20(9-15)46-4/h6-11,21-22,25-28,30,32,34-35,37-41H,12-14H2,1-5H3/b7-6+/t21-,22-,25-,26-,27+,28-,30+,32-,33+/m1/s1. The summed E-state index contributed by atoms with van der Waals surface area (Å²) in [6.07, 6.45) is -12.2. The molecule has 2 aromatic carbocycles. The molecule has 2 aliphatic heterocycles. The number of ether oxygens (including phenoxy) is 10. The average Bonchev–Trinajstić information content (AvgIpc) is 3.42. The number of phenolic OH excluding ortho intramolecular Hbond substituents is 1. The summed E-state index contributed by atoms with van der Waals surface area (Å²) < 4.78 is 53.6. The number of methoxy groups -OCH3 is 5. The summed E-state index contributed by atoms with van der Waals surface area (Å²) in [4.78, 5) is 25.9. The molecule has 9 atom stereocenters. The molecule has 0 unspecified atom stereocenters. The van der Waals surface area contributed by atoms with Gasteiger partial charge in [0.05, 0.1) is 47.7 Å². The van der Waals surface area contributed by atoms with Crippen LogP contribution >= 0.6 is 0 Å². The summed E-state index contributed by atoms with van der Waals surface area (Å²) in [6.45, 7) is -2.71. The van der Waals surface area contributed by atoms with Gasteiger partial charge >= 0.3 is 11.9 Å². The van der Waals surface area contributed by atoms with Gasteiger partial charge in [-0.25, -0.2) is 9.59 Å². The molecule has 0 radical (unpaired) electrons. The van der Waals surface area contributed by atoms with Crippen molar-refractivity contribution in [3.05, 3.63) is 41.5 Å². The molecule has 2 saturated heterocycles. The topological polar surface area (TPSA) is 268 Å². The van der Waals surface area contributed by atoms with Crippen molar-refractivity contribution < 1.29 is 92.7 Å². The van der Waals surface area contributed by atoms with Gasteiger partial charge in [0, 0.05) is 6.08 Å². The second-order valence-corrected chi connectivity index (χ2v) is 11.4. The fourth-order valence-electron chi connectivity index (χ4n) is 5.54. The van der Waals surface area contributed by atoms with Gasteiger partial charge in [0.1, 0.15) is 49.8 Å². The number of esters is 2. The SMILES string of the molecule is COc1cc(C(=O)OC[C@H]2O[C@H](O[C@]3(CO)O[C@H](CO)[C@@H](O)[C@@H]3OC(=O)/C=C/c3cc(OC)c(OC)c(OC)c3)[C@H](O)[C@@H](O)[C@@H]2O)cc(OC)c1O. The third-order valence-corrected chi connectivity index (χ3v) is 8.30. The van der Waals surface area contributed by atoms with Gasteiger partial charge in [-0.3, -0.25) is 0 Å². The van der Waals surface area contributed by atoms with Gasteiger partial charge in [0.2, 0.25) is 17.3 Å². The molecule has 19 heteroatoms. The van der Waals surface area contributed by atoms with Crippen molar-refractivity contribution in [1.82, 2.24) is 0 Å². The van der Waals surface area contributed by atoms with E-state index in [-0.39, 0.29) is 22.8 Å². The number of hydrogen-bond acceptors (Lipinski definition) is 19. The molecule has 0 bridgehead atoms. The maximum Gasteiger partial charge on any atom is 0.338 e. The summed E-state index contributed by atoms with van der Waals surface area (Å²) in [7, 11) is 6.72. The highest BCUT2D eigenvalue weighted by Gasteiger charge is 2.61. The Morgan fingerprint density at radius 1 is 0.788 bits per heavy atom. The first-order chi connectivity index (χ1) is 24.8. The molecule has 0 saturated carbocycles. The van der Waals surface area contributed by atoms with Crippen LogP contribution in [0.2, 0.25) is 0 Å². The minimum absolute atomic E-state index is 0.103. The van der Waals surface area contributed by atoms with Crippen LogP contribution in [-0.4, -0.2) is 158 Å². The van der Waals surface area contributed by atoms with Gasteiger partial charge in [0.25, 0.3) is 0 Å². The molecule has 288 valence electrons. The number of benzene rings is 2. The summed E-state index contributed by atoms with van der Waals surface area (Å²) in [5, 5.41) is 73.4.